The minimum atomic E-state index is -1.16. The quantitative estimate of drug-likeness (QED) is 0.933. The molecule has 1 unspecified atom stereocenters. The first-order valence-corrected chi connectivity index (χ1v) is 6.30. The molecule has 1 aromatic heterocycles. The summed E-state index contributed by atoms with van der Waals surface area (Å²) in [7, 11) is 0. The van der Waals surface area contributed by atoms with Crippen LogP contribution < -0.4 is 5.76 Å². The van der Waals surface area contributed by atoms with Gasteiger partial charge in [0.2, 0.25) is 5.89 Å². The van der Waals surface area contributed by atoms with Crippen LogP contribution in [0.5, 0.6) is 0 Å². The summed E-state index contributed by atoms with van der Waals surface area (Å²) in [6, 6.07) is 5.87. The van der Waals surface area contributed by atoms with E-state index in [1.54, 1.807) is 6.07 Å². The third-order valence-electron chi connectivity index (χ3n) is 2.86. The summed E-state index contributed by atoms with van der Waals surface area (Å²) >= 11 is 0. The molecule has 0 saturated carbocycles. The largest absolute Gasteiger partial charge is 0.437 e. The minimum absolute atomic E-state index is 0.125. The van der Waals surface area contributed by atoms with Crippen LogP contribution in [0.4, 0.5) is 4.39 Å². The van der Waals surface area contributed by atoms with E-state index in [0.717, 1.165) is 4.68 Å². The lowest BCUT2D eigenvalue weighted by atomic mass is 9.97. The van der Waals surface area contributed by atoms with Crippen molar-refractivity contribution < 1.29 is 13.9 Å². The fraction of sp³-hybridized carbons (Fsp3) is 0.429. The first-order chi connectivity index (χ1) is 9.29. The van der Waals surface area contributed by atoms with Crippen molar-refractivity contribution in [2.45, 2.75) is 38.8 Å². The maximum Gasteiger partial charge on any atom is 0.437 e. The van der Waals surface area contributed by atoms with Crippen molar-refractivity contribution in [2.24, 2.45) is 0 Å². The molecule has 1 aromatic carbocycles. The molecule has 6 heteroatoms. The van der Waals surface area contributed by atoms with Crippen LogP contribution in [0.25, 0.3) is 0 Å². The predicted octanol–water partition coefficient (Wildman–Crippen LogP) is 2.01. The normalized spacial score (nSPS) is 13.4. The van der Waals surface area contributed by atoms with Crippen LogP contribution in [0.2, 0.25) is 0 Å². The molecule has 0 radical (unpaired) electrons. The van der Waals surface area contributed by atoms with Gasteiger partial charge < -0.3 is 9.52 Å². The number of hydrogen-bond acceptors (Lipinski definition) is 4. The second-order valence-corrected chi connectivity index (χ2v) is 5.64. The lowest BCUT2D eigenvalue weighted by molar-refractivity contribution is 0.144. The maximum absolute atomic E-state index is 13.5. The van der Waals surface area contributed by atoms with Crippen molar-refractivity contribution in [1.82, 2.24) is 9.78 Å². The molecule has 0 saturated heterocycles. The monoisotopic (exact) mass is 280 g/mol. The van der Waals surface area contributed by atoms with Gasteiger partial charge in [-0.2, -0.15) is 4.68 Å². The molecule has 0 aliphatic rings. The summed E-state index contributed by atoms with van der Waals surface area (Å²) in [6.45, 7) is 5.42. The standard InChI is InChI=1S/C14H17FN2O3/c1-14(2,3)12-16-17(13(19)20-12)8-11(18)9-6-4-5-7-10(9)15/h4-7,11,18H,8H2,1-3H3. The van der Waals surface area contributed by atoms with Gasteiger partial charge >= 0.3 is 5.76 Å². The van der Waals surface area contributed by atoms with Crippen LogP contribution in [0, 0.1) is 5.82 Å². The number of aromatic nitrogens is 2. The smallest absolute Gasteiger partial charge is 0.392 e. The molecular weight excluding hydrogens is 263 g/mol. The minimum Gasteiger partial charge on any atom is -0.392 e. The molecule has 0 amide bonds. The molecule has 1 heterocycles. The first-order valence-electron chi connectivity index (χ1n) is 6.30. The highest BCUT2D eigenvalue weighted by Gasteiger charge is 2.23. The Kier molecular flexibility index (Phi) is 3.76. The molecular formula is C14H17FN2O3. The van der Waals surface area contributed by atoms with E-state index in [4.69, 9.17) is 4.42 Å². The zero-order chi connectivity index (χ0) is 14.9. The predicted molar refractivity (Wildman–Crippen MR) is 70.8 cm³/mol. The van der Waals surface area contributed by atoms with Gasteiger partial charge in [-0.15, -0.1) is 5.10 Å². The molecule has 0 aliphatic heterocycles. The molecule has 5 nitrogen and oxygen atoms in total. The second kappa shape index (κ2) is 5.20. The molecule has 1 atom stereocenters. The van der Waals surface area contributed by atoms with Gasteiger partial charge in [0.15, 0.2) is 0 Å². The molecule has 20 heavy (non-hydrogen) atoms. The molecule has 2 aromatic rings. The molecule has 0 aliphatic carbocycles. The molecule has 0 fully saturated rings. The van der Waals surface area contributed by atoms with Gasteiger partial charge in [0.25, 0.3) is 0 Å². The summed E-state index contributed by atoms with van der Waals surface area (Å²) in [5, 5.41) is 14.0. The van der Waals surface area contributed by atoms with E-state index in [0.29, 0.717) is 0 Å². The van der Waals surface area contributed by atoms with Gasteiger partial charge in [-0.1, -0.05) is 39.0 Å². The second-order valence-electron chi connectivity index (χ2n) is 5.64. The average Bonchev–Trinajstić information content (AvgIpc) is 2.71. The number of rotatable bonds is 3. The molecule has 2 rings (SSSR count). The Balaban J connectivity index is 2.25. The molecule has 0 bridgehead atoms. The number of aliphatic hydroxyl groups excluding tert-OH is 1. The van der Waals surface area contributed by atoms with Gasteiger partial charge in [-0.05, 0) is 6.07 Å². The van der Waals surface area contributed by atoms with Gasteiger partial charge in [-0.3, -0.25) is 0 Å². The van der Waals surface area contributed by atoms with Gasteiger partial charge in [0.1, 0.15) is 11.9 Å². The van der Waals surface area contributed by atoms with E-state index < -0.39 is 23.1 Å². The number of benzene rings is 1. The Morgan fingerprint density at radius 3 is 2.60 bits per heavy atom. The van der Waals surface area contributed by atoms with E-state index in [2.05, 4.69) is 5.10 Å². The highest BCUT2D eigenvalue weighted by Crippen LogP contribution is 2.20. The lowest BCUT2D eigenvalue weighted by Crippen LogP contribution is -2.21. The average molecular weight is 280 g/mol. The molecule has 0 spiro atoms. The fourth-order valence-electron chi connectivity index (χ4n) is 1.73. The summed E-state index contributed by atoms with van der Waals surface area (Å²) < 4.78 is 19.6. The van der Waals surface area contributed by atoms with E-state index in [-0.39, 0.29) is 18.0 Å². The van der Waals surface area contributed by atoms with Crippen LogP contribution in [0.3, 0.4) is 0 Å². The first kappa shape index (κ1) is 14.5. The molecule has 1 N–H and O–H groups in total. The van der Waals surface area contributed by atoms with Crippen molar-refractivity contribution in [3.8, 4) is 0 Å². The lowest BCUT2D eigenvalue weighted by Gasteiger charge is -2.12. The number of halogens is 1. The van der Waals surface area contributed by atoms with Crippen LogP contribution in [-0.4, -0.2) is 14.9 Å². The Morgan fingerprint density at radius 1 is 1.40 bits per heavy atom. The third-order valence-corrected chi connectivity index (χ3v) is 2.86. The fourth-order valence-corrected chi connectivity index (χ4v) is 1.73. The van der Waals surface area contributed by atoms with Gasteiger partial charge in [0.05, 0.1) is 6.54 Å². The summed E-state index contributed by atoms with van der Waals surface area (Å²) in [6.07, 6.45) is -1.16. The van der Waals surface area contributed by atoms with Gasteiger partial charge in [0, 0.05) is 11.0 Å². The third kappa shape index (κ3) is 2.96. The Bertz CT molecular complexity index is 655. The Hall–Kier alpha value is -1.95. The van der Waals surface area contributed by atoms with E-state index in [1.807, 2.05) is 20.8 Å². The van der Waals surface area contributed by atoms with Crippen molar-refractivity contribution in [3.05, 3.63) is 52.1 Å². The number of aliphatic hydroxyl groups is 1. The Morgan fingerprint density at radius 2 is 2.05 bits per heavy atom. The van der Waals surface area contributed by atoms with E-state index >= 15 is 0 Å². The van der Waals surface area contributed by atoms with Crippen molar-refractivity contribution >= 4 is 0 Å². The van der Waals surface area contributed by atoms with Crippen molar-refractivity contribution in [3.63, 3.8) is 0 Å². The summed E-state index contributed by atoms with van der Waals surface area (Å²) in [5.41, 5.74) is -0.285. The zero-order valence-electron chi connectivity index (χ0n) is 11.6. The zero-order valence-corrected chi connectivity index (χ0v) is 11.6. The maximum atomic E-state index is 13.5. The number of nitrogens with zero attached hydrogens (tertiary/aromatic N) is 2. The summed E-state index contributed by atoms with van der Waals surface area (Å²) in [4.78, 5) is 11.7. The van der Waals surface area contributed by atoms with Crippen LogP contribution >= 0.6 is 0 Å². The van der Waals surface area contributed by atoms with Gasteiger partial charge in [-0.25, -0.2) is 9.18 Å². The molecule has 108 valence electrons. The summed E-state index contributed by atoms with van der Waals surface area (Å²) in [5.74, 6) is -0.902. The van der Waals surface area contributed by atoms with Crippen LogP contribution in [0.1, 0.15) is 38.3 Å². The van der Waals surface area contributed by atoms with Crippen LogP contribution in [-0.2, 0) is 12.0 Å². The van der Waals surface area contributed by atoms with E-state index in [1.165, 1.54) is 18.2 Å². The SMILES string of the molecule is CC(C)(C)c1nn(CC(O)c2ccccc2F)c(=O)o1. The number of hydrogen-bond donors (Lipinski definition) is 1. The highest BCUT2D eigenvalue weighted by molar-refractivity contribution is 5.19. The van der Waals surface area contributed by atoms with Crippen LogP contribution in [0.15, 0.2) is 33.5 Å². The topological polar surface area (TPSA) is 68.3 Å². The highest BCUT2D eigenvalue weighted by atomic mass is 19.1. The Labute approximate surface area is 115 Å². The van der Waals surface area contributed by atoms with Crippen molar-refractivity contribution in [1.29, 1.82) is 0 Å². The van der Waals surface area contributed by atoms with Crippen molar-refractivity contribution in [2.75, 3.05) is 0 Å². The van der Waals surface area contributed by atoms with E-state index in [9.17, 15) is 14.3 Å².